The zero-order valence-corrected chi connectivity index (χ0v) is 25.3. The van der Waals surface area contributed by atoms with Crippen LogP contribution in [0.4, 0.5) is 0 Å². The smallest absolute Gasteiger partial charge is 0.0999 e. The van der Waals surface area contributed by atoms with E-state index in [0.717, 1.165) is 71.7 Å². The molecule has 0 fully saturated rings. The van der Waals surface area contributed by atoms with Crippen molar-refractivity contribution in [2.75, 3.05) is 0 Å². The molecule has 0 aliphatic heterocycles. The lowest BCUT2D eigenvalue weighted by atomic mass is 10.0. The molecule has 0 saturated carbocycles. The van der Waals surface area contributed by atoms with Crippen LogP contribution in [0.1, 0.15) is 5.56 Å². The number of para-hydroxylation sites is 6. The molecule has 0 amide bonds. The maximum Gasteiger partial charge on any atom is 0.0999 e. The highest BCUT2D eigenvalue weighted by atomic mass is 15.1. The van der Waals surface area contributed by atoms with Crippen LogP contribution in [0.2, 0.25) is 0 Å². The highest BCUT2D eigenvalue weighted by Crippen LogP contribution is 2.45. The lowest BCUT2D eigenvalue weighted by Crippen LogP contribution is -2.01. The van der Waals surface area contributed by atoms with Crippen molar-refractivity contribution in [1.29, 1.82) is 5.26 Å². The Morgan fingerprint density at radius 2 is 0.872 bits per heavy atom. The fourth-order valence-electron chi connectivity index (χ4n) is 7.82. The summed E-state index contributed by atoms with van der Waals surface area (Å²) in [5.41, 5.74) is 10.4. The van der Waals surface area contributed by atoms with Gasteiger partial charge in [-0.05, 0) is 54.6 Å². The third-order valence-electron chi connectivity index (χ3n) is 9.64. The van der Waals surface area contributed by atoms with Crippen LogP contribution in [0.15, 0.2) is 158 Å². The van der Waals surface area contributed by atoms with Gasteiger partial charge in [0.25, 0.3) is 0 Å². The Kier molecular flexibility index (Phi) is 5.32. The van der Waals surface area contributed by atoms with Gasteiger partial charge < -0.3 is 13.7 Å². The van der Waals surface area contributed by atoms with Crippen LogP contribution in [0.25, 0.3) is 82.5 Å². The van der Waals surface area contributed by atoms with Crippen molar-refractivity contribution >= 4 is 65.4 Å². The zero-order chi connectivity index (χ0) is 31.1. The summed E-state index contributed by atoms with van der Waals surface area (Å²) in [5, 5.41) is 17.5. The molecule has 3 heterocycles. The summed E-state index contributed by atoms with van der Waals surface area (Å²) in [5.74, 6) is 0. The Bertz CT molecular complexity index is 2900. The van der Waals surface area contributed by atoms with Gasteiger partial charge in [0.05, 0.1) is 50.4 Å². The lowest BCUT2D eigenvalue weighted by Gasteiger charge is -2.14. The van der Waals surface area contributed by atoms with E-state index in [1.807, 2.05) is 6.07 Å². The van der Waals surface area contributed by atoms with Crippen LogP contribution < -0.4 is 0 Å². The minimum atomic E-state index is 0.665. The number of rotatable bonds is 3. The standard InChI is InChI=1S/C43H26N4/c44-27-28-26-39-41(43-40(28)33-19-8-11-23-36(33)46(43)30-16-5-2-6-17-30)34-20-9-12-24-37(34)47(39)38-25-13-21-32-31-18-7-10-22-35(31)45(42(32)38)29-14-3-1-4-15-29/h1-26H. The zero-order valence-electron chi connectivity index (χ0n) is 25.3. The molecule has 0 N–H and O–H groups in total. The molecule has 0 aliphatic carbocycles. The van der Waals surface area contributed by atoms with Gasteiger partial charge in [-0.15, -0.1) is 0 Å². The van der Waals surface area contributed by atoms with Crippen LogP contribution in [-0.2, 0) is 0 Å². The van der Waals surface area contributed by atoms with E-state index in [2.05, 4.69) is 171 Å². The van der Waals surface area contributed by atoms with E-state index in [1.165, 1.54) is 10.8 Å². The van der Waals surface area contributed by atoms with Crippen molar-refractivity contribution in [1.82, 2.24) is 13.7 Å². The van der Waals surface area contributed by atoms with Gasteiger partial charge >= 0.3 is 0 Å². The Balaban J connectivity index is 1.46. The summed E-state index contributed by atoms with van der Waals surface area (Å²) in [6.45, 7) is 0. The quantitative estimate of drug-likeness (QED) is 0.199. The third-order valence-corrected chi connectivity index (χ3v) is 9.64. The fraction of sp³-hybridized carbons (Fsp3) is 0. The van der Waals surface area contributed by atoms with Gasteiger partial charge in [0.1, 0.15) is 0 Å². The number of nitriles is 1. The molecule has 0 aliphatic rings. The first-order chi connectivity index (χ1) is 23.3. The van der Waals surface area contributed by atoms with Gasteiger partial charge in [0.2, 0.25) is 0 Å². The Labute approximate surface area is 270 Å². The minimum absolute atomic E-state index is 0.665. The second-order valence-corrected chi connectivity index (χ2v) is 12.1. The summed E-state index contributed by atoms with van der Waals surface area (Å²) in [7, 11) is 0. The largest absolute Gasteiger partial charge is 0.308 e. The molecule has 3 aromatic heterocycles. The summed E-state index contributed by atoms with van der Waals surface area (Å²) >= 11 is 0. The topological polar surface area (TPSA) is 38.6 Å². The van der Waals surface area contributed by atoms with E-state index in [4.69, 9.17) is 0 Å². The molecule has 7 aromatic carbocycles. The van der Waals surface area contributed by atoms with E-state index in [-0.39, 0.29) is 0 Å². The van der Waals surface area contributed by atoms with Crippen LogP contribution in [0, 0.1) is 11.3 Å². The van der Waals surface area contributed by atoms with E-state index in [9.17, 15) is 5.26 Å². The Morgan fingerprint density at radius 1 is 0.383 bits per heavy atom. The number of benzene rings is 7. The monoisotopic (exact) mass is 598 g/mol. The Morgan fingerprint density at radius 3 is 1.51 bits per heavy atom. The molecule has 0 unspecified atom stereocenters. The number of aromatic nitrogens is 3. The highest BCUT2D eigenvalue weighted by Gasteiger charge is 2.25. The van der Waals surface area contributed by atoms with Crippen LogP contribution in [0.3, 0.4) is 0 Å². The third kappa shape index (κ3) is 3.46. The molecule has 0 atom stereocenters. The second-order valence-electron chi connectivity index (χ2n) is 12.1. The van der Waals surface area contributed by atoms with E-state index < -0.39 is 0 Å². The molecule has 0 saturated heterocycles. The number of fused-ring (bicyclic) bond motifs is 10. The van der Waals surface area contributed by atoms with E-state index in [1.54, 1.807) is 0 Å². The van der Waals surface area contributed by atoms with Crippen molar-refractivity contribution in [3.05, 3.63) is 163 Å². The molecule has 0 bridgehead atoms. The van der Waals surface area contributed by atoms with Gasteiger partial charge in [-0.25, -0.2) is 0 Å². The normalized spacial score (nSPS) is 11.8. The Hall–Kier alpha value is -6.57. The highest BCUT2D eigenvalue weighted by molar-refractivity contribution is 6.28. The predicted molar refractivity (Wildman–Crippen MR) is 194 cm³/mol. The van der Waals surface area contributed by atoms with Crippen LogP contribution >= 0.6 is 0 Å². The molecule has 0 radical (unpaired) electrons. The summed E-state index contributed by atoms with van der Waals surface area (Å²) < 4.78 is 7.09. The molecule has 4 nitrogen and oxygen atoms in total. The molecule has 0 spiro atoms. The molecular formula is C43H26N4. The van der Waals surface area contributed by atoms with Crippen LogP contribution in [0.5, 0.6) is 0 Å². The van der Waals surface area contributed by atoms with Gasteiger partial charge in [-0.3, -0.25) is 0 Å². The van der Waals surface area contributed by atoms with Gasteiger partial charge in [-0.1, -0.05) is 103 Å². The van der Waals surface area contributed by atoms with Gasteiger partial charge in [-0.2, -0.15) is 5.26 Å². The van der Waals surface area contributed by atoms with Gasteiger partial charge in [0.15, 0.2) is 0 Å². The van der Waals surface area contributed by atoms with Crippen molar-refractivity contribution < 1.29 is 0 Å². The lowest BCUT2D eigenvalue weighted by molar-refractivity contribution is 1.13. The fourth-order valence-corrected chi connectivity index (χ4v) is 7.82. The molecule has 47 heavy (non-hydrogen) atoms. The van der Waals surface area contributed by atoms with Gasteiger partial charge in [0, 0.05) is 43.7 Å². The first-order valence-corrected chi connectivity index (χ1v) is 15.9. The molecule has 4 heteroatoms. The average molecular weight is 599 g/mol. The maximum atomic E-state index is 10.8. The molecular weight excluding hydrogens is 573 g/mol. The van der Waals surface area contributed by atoms with Crippen molar-refractivity contribution in [3.63, 3.8) is 0 Å². The van der Waals surface area contributed by atoms with Crippen molar-refractivity contribution in [2.24, 2.45) is 0 Å². The van der Waals surface area contributed by atoms with Crippen molar-refractivity contribution in [2.45, 2.75) is 0 Å². The summed E-state index contributed by atoms with van der Waals surface area (Å²) in [6.07, 6.45) is 0. The van der Waals surface area contributed by atoms with E-state index >= 15 is 0 Å². The maximum absolute atomic E-state index is 10.8. The summed E-state index contributed by atoms with van der Waals surface area (Å²) in [4.78, 5) is 0. The second kappa shape index (κ2) is 9.71. The first kappa shape index (κ1) is 25.7. The average Bonchev–Trinajstić information content (AvgIpc) is 3.78. The minimum Gasteiger partial charge on any atom is -0.308 e. The van der Waals surface area contributed by atoms with E-state index in [0.29, 0.717) is 5.56 Å². The number of nitrogens with zero attached hydrogens (tertiary/aromatic N) is 4. The SMILES string of the molecule is N#Cc1cc2c(c3ccccc3n2-c2cccc3c4ccccc4n(-c4ccccc4)c23)c2c1c1ccccc1n2-c1ccccc1. The van der Waals surface area contributed by atoms with Crippen LogP contribution in [-0.4, -0.2) is 13.7 Å². The van der Waals surface area contributed by atoms with Crippen molar-refractivity contribution in [3.8, 4) is 23.1 Å². The molecule has 10 aromatic rings. The summed E-state index contributed by atoms with van der Waals surface area (Å²) in [6, 6.07) is 58.1. The number of hydrogen-bond donors (Lipinski definition) is 0. The molecule has 10 rings (SSSR count). The molecule has 218 valence electrons. The predicted octanol–water partition coefficient (Wildman–Crippen LogP) is 10.8. The number of hydrogen-bond acceptors (Lipinski definition) is 1. The first-order valence-electron chi connectivity index (χ1n) is 15.9.